The Labute approximate surface area is 307 Å². The Morgan fingerprint density at radius 2 is 1.04 bits per heavy atom. The Hall–Kier alpha value is -4.68. The molecule has 2 heterocycles. The number of aryl methyl sites for hydroxylation is 2. The van der Waals surface area contributed by atoms with E-state index in [2.05, 4.69) is 42.5 Å². The maximum absolute atomic E-state index is 14.1. The molecule has 4 aromatic carbocycles. The summed E-state index contributed by atoms with van der Waals surface area (Å²) < 4.78 is 7.28. The number of amides is 2. The number of halogens is 2. The molecule has 2 N–H and O–H groups in total. The van der Waals surface area contributed by atoms with Crippen molar-refractivity contribution in [2.75, 3.05) is 10.6 Å². The van der Waals surface area contributed by atoms with E-state index in [0.29, 0.717) is 33.4 Å². The van der Waals surface area contributed by atoms with Gasteiger partial charge < -0.3 is 15.4 Å². The number of hydrogen-bond donors (Lipinski definition) is 2. The summed E-state index contributed by atoms with van der Waals surface area (Å²) in [6.45, 7) is 3.83. The van der Waals surface area contributed by atoms with E-state index in [1.807, 2.05) is 68.4 Å². The van der Waals surface area contributed by atoms with Crippen molar-refractivity contribution in [1.29, 1.82) is 0 Å². The van der Waals surface area contributed by atoms with Gasteiger partial charge in [0.1, 0.15) is 21.1 Å². The number of thiophene rings is 2. The van der Waals surface area contributed by atoms with Gasteiger partial charge in [-0.3, -0.25) is 9.59 Å². The molecule has 0 aliphatic carbocycles. The van der Waals surface area contributed by atoms with E-state index in [9.17, 15) is 19.2 Å². The van der Waals surface area contributed by atoms with Crippen LogP contribution in [0.3, 0.4) is 0 Å². The third kappa shape index (κ3) is 7.81. The van der Waals surface area contributed by atoms with Gasteiger partial charge in [-0.25, -0.2) is 9.59 Å². The number of carbonyl (C=O) groups is 4. The first kappa shape index (κ1) is 34.2. The summed E-state index contributed by atoms with van der Waals surface area (Å²) in [5.41, 5.74) is 5.20. The molecule has 6 rings (SSSR count). The topological polar surface area (TPSA) is 102 Å². The smallest absolute Gasteiger partial charge is 0.349 e. The molecule has 0 unspecified atom stereocenters. The summed E-state index contributed by atoms with van der Waals surface area (Å²) >= 11 is 9.12. The summed E-state index contributed by atoms with van der Waals surface area (Å²) in [6.07, 6.45) is 0. The zero-order valence-corrected chi connectivity index (χ0v) is 30.8. The third-order valence-corrected chi connectivity index (χ3v) is 10.4. The van der Waals surface area contributed by atoms with Crippen molar-refractivity contribution >= 4 is 88.3 Å². The molecule has 2 aromatic heterocycles. The molecule has 0 aliphatic rings. The number of esters is 2. The van der Waals surface area contributed by atoms with Crippen molar-refractivity contribution in [2.45, 2.75) is 13.8 Å². The molecule has 49 heavy (non-hydrogen) atoms. The van der Waals surface area contributed by atoms with Crippen molar-refractivity contribution in [3.63, 3.8) is 0 Å². The van der Waals surface area contributed by atoms with Crippen LogP contribution in [0.2, 0.25) is 0 Å². The molecular formula is C38H26Br2N2O5S2. The van der Waals surface area contributed by atoms with Crippen molar-refractivity contribution in [3.05, 3.63) is 150 Å². The van der Waals surface area contributed by atoms with Crippen LogP contribution < -0.4 is 10.6 Å². The minimum Gasteiger partial charge on any atom is -0.386 e. The van der Waals surface area contributed by atoms with Gasteiger partial charge in [0.25, 0.3) is 11.8 Å². The summed E-state index contributed by atoms with van der Waals surface area (Å²) in [5, 5.41) is 9.62. The van der Waals surface area contributed by atoms with Crippen LogP contribution in [0, 0.1) is 13.8 Å². The second-order valence-corrected chi connectivity index (χ2v) is 14.6. The van der Waals surface area contributed by atoms with Crippen LogP contribution in [0.1, 0.15) is 52.6 Å². The largest absolute Gasteiger partial charge is 0.386 e. The number of ether oxygens (including phenoxy) is 1. The van der Waals surface area contributed by atoms with Crippen molar-refractivity contribution in [1.82, 2.24) is 0 Å². The van der Waals surface area contributed by atoms with E-state index in [1.54, 1.807) is 53.2 Å². The van der Waals surface area contributed by atoms with E-state index in [0.717, 1.165) is 42.7 Å². The van der Waals surface area contributed by atoms with Crippen LogP contribution in [-0.2, 0) is 4.74 Å². The average molecular weight is 815 g/mol. The Balaban J connectivity index is 1.37. The summed E-state index contributed by atoms with van der Waals surface area (Å²) in [5.74, 6) is -2.74. The lowest BCUT2D eigenvalue weighted by atomic mass is 10.0. The quantitative estimate of drug-likeness (QED) is 0.118. The minimum absolute atomic E-state index is 0.0363. The molecule has 0 radical (unpaired) electrons. The molecule has 0 spiro atoms. The second kappa shape index (κ2) is 14.8. The van der Waals surface area contributed by atoms with Gasteiger partial charge in [-0.2, -0.15) is 0 Å². The third-order valence-electron chi connectivity index (χ3n) is 7.53. The summed E-state index contributed by atoms with van der Waals surface area (Å²) in [6, 6.07) is 28.7. The molecule has 0 atom stereocenters. The van der Waals surface area contributed by atoms with E-state index in [4.69, 9.17) is 4.74 Å². The molecule has 0 aliphatic heterocycles. The standard InChI is InChI=1S/C38H26Br2N2O5S2/c1-21-6-8-23(9-7-21)29-19-48-35(41-33(43)25-12-16-28(40)17-13-25)31(29)37(45)47-38(46)32-30(24-10-14-27(39)15-11-24)20-49-36(32)42-34(44)26-5-3-4-22(2)18-26/h3-20H,1-2H3,(H,41,43)(H,42,44). The lowest BCUT2D eigenvalue weighted by Crippen LogP contribution is -2.19. The van der Waals surface area contributed by atoms with Gasteiger partial charge in [0, 0.05) is 42.0 Å². The van der Waals surface area contributed by atoms with E-state index < -0.39 is 23.8 Å². The number of anilines is 2. The first-order valence-corrected chi connectivity index (χ1v) is 18.2. The Kier molecular flexibility index (Phi) is 10.4. The lowest BCUT2D eigenvalue weighted by Gasteiger charge is -2.12. The van der Waals surface area contributed by atoms with Gasteiger partial charge in [-0.15, -0.1) is 22.7 Å². The monoisotopic (exact) mass is 812 g/mol. The number of hydrogen-bond acceptors (Lipinski definition) is 7. The molecule has 7 nitrogen and oxygen atoms in total. The zero-order chi connectivity index (χ0) is 34.7. The van der Waals surface area contributed by atoms with Gasteiger partial charge in [0.15, 0.2) is 0 Å². The number of carbonyl (C=O) groups excluding carboxylic acids is 4. The van der Waals surface area contributed by atoms with Gasteiger partial charge in [0.2, 0.25) is 0 Å². The van der Waals surface area contributed by atoms with Crippen LogP contribution in [0.15, 0.2) is 117 Å². The summed E-state index contributed by atoms with van der Waals surface area (Å²) in [4.78, 5) is 54.6. The molecule has 244 valence electrons. The molecule has 0 bridgehead atoms. The predicted octanol–water partition coefficient (Wildman–Crippen LogP) is 10.8. The highest BCUT2D eigenvalue weighted by molar-refractivity contribution is 9.10. The van der Waals surface area contributed by atoms with E-state index >= 15 is 0 Å². The van der Waals surface area contributed by atoms with Gasteiger partial charge in [0.05, 0.1) is 0 Å². The Bertz CT molecular complexity index is 2210. The maximum atomic E-state index is 14.1. The second-order valence-electron chi connectivity index (χ2n) is 11.0. The van der Waals surface area contributed by atoms with Crippen molar-refractivity contribution in [3.8, 4) is 22.3 Å². The zero-order valence-electron chi connectivity index (χ0n) is 26.0. The van der Waals surface area contributed by atoms with Crippen LogP contribution in [-0.4, -0.2) is 23.8 Å². The first-order valence-electron chi connectivity index (χ1n) is 14.8. The molecule has 2 amide bonds. The normalized spacial score (nSPS) is 10.8. The van der Waals surface area contributed by atoms with E-state index in [-0.39, 0.29) is 21.1 Å². The SMILES string of the molecule is Cc1ccc(-c2csc(NC(=O)c3ccc(Br)cc3)c2C(=O)OC(=O)c2c(-c3ccc(Br)cc3)csc2NC(=O)c2cccc(C)c2)cc1. The van der Waals surface area contributed by atoms with Crippen molar-refractivity contribution < 1.29 is 23.9 Å². The van der Waals surface area contributed by atoms with Gasteiger partial charge in [-0.05, 0) is 73.5 Å². The number of nitrogens with one attached hydrogen (secondary N) is 2. The lowest BCUT2D eigenvalue weighted by molar-refractivity contribution is 0.0401. The predicted molar refractivity (Wildman–Crippen MR) is 203 cm³/mol. The minimum atomic E-state index is -0.949. The molecule has 0 saturated carbocycles. The highest BCUT2D eigenvalue weighted by atomic mass is 79.9. The van der Waals surface area contributed by atoms with Crippen LogP contribution in [0.25, 0.3) is 22.3 Å². The van der Waals surface area contributed by atoms with Crippen LogP contribution >= 0.6 is 54.5 Å². The molecule has 11 heteroatoms. The number of benzene rings is 4. The highest BCUT2D eigenvalue weighted by Gasteiger charge is 2.30. The molecule has 0 fully saturated rings. The molecular weight excluding hydrogens is 788 g/mol. The van der Waals surface area contributed by atoms with Crippen molar-refractivity contribution in [2.24, 2.45) is 0 Å². The maximum Gasteiger partial charge on any atom is 0.349 e. The molecule has 0 saturated heterocycles. The van der Waals surface area contributed by atoms with E-state index in [1.165, 1.54) is 0 Å². The van der Waals surface area contributed by atoms with Crippen LogP contribution in [0.5, 0.6) is 0 Å². The van der Waals surface area contributed by atoms with Gasteiger partial charge >= 0.3 is 11.9 Å². The fourth-order valence-electron chi connectivity index (χ4n) is 5.02. The first-order chi connectivity index (χ1) is 23.6. The number of rotatable bonds is 8. The fourth-order valence-corrected chi connectivity index (χ4v) is 7.45. The highest BCUT2D eigenvalue weighted by Crippen LogP contribution is 2.40. The fraction of sp³-hybridized carbons (Fsp3) is 0.0526. The molecule has 6 aromatic rings. The van der Waals surface area contributed by atoms with Crippen LogP contribution in [0.4, 0.5) is 10.0 Å². The Morgan fingerprint density at radius 3 is 1.55 bits per heavy atom. The average Bonchev–Trinajstić information content (AvgIpc) is 3.70. The van der Waals surface area contributed by atoms with Gasteiger partial charge in [-0.1, -0.05) is 91.5 Å². The Morgan fingerprint density at radius 1 is 0.571 bits per heavy atom. The summed E-state index contributed by atoms with van der Waals surface area (Å²) in [7, 11) is 0.